The molecule has 1 saturated heterocycles. The summed E-state index contributed by atoms with van der Waals surface area (Å²) in [5, 5.41) is 0.339. The number of rotatable bonds is 4. The van der Waals surface area contributed by atoms with Gasteiger partial charge in [0.2, 0.25) is 5.91 Å². The van der Waals surface area contributed by atoms with Crippen LogP contribution >= 0.6 is 11.8 Å². The molecule has 1 aromatic rings. The number of aromatic nitrogens is 1. The molecule has 1 aliphatic heterocycles. The summed E-state index contributed by atoms with van der Waals surface area (Å²) in [6.07, 6.45) is 2.65. The number of hydrogen-bond donors (Lipinski definition) is 0. The molecule has 0 bridgehead atoms. The molecule has 0 aromatic carbocycles. The second kappa shape index (κ2) is 5.54. The second-order valence-corrected chi connectivity index (χ2v) is 5.71. The van der Waals surface area contributed by atoms with Crippen LogP contribution in [0.25, 0.3) is 0 Å². The summed E-state index contributed by atoms with van der Waals surface area (Å²) in [5.41, 5.74) is 1.06. The van der Waals surface area contributed by atoms with Gasteiger partial charge in [0.15, 0.2) is 0 Å². The maximum Gasteiger partial charge on any atom is 0.233 e. The molecule has 1 amide bonds. The Morgan fingerprint density at radius 1 is 1.53 bits per heavy atom. The maximum absolute atomic E-state index is 11.8. The van der Waals surface area contributed by atoms with Crippen molar-refractivity contribution < 1.29 is 4.79 Å². The van der Waals surface area contributed by atoms with Crippen molar-refractivity contribution in [3.63, 3.8) is 0 Å². The molecule has 0 spiro atoms. The molecule has 1 unspecified atom stereocenters. The fraction of sp³-hybridized carbons (Fsp3) is 0.538. The van der Waals surface area contributed by atoms with E-state index in [0.29, 0.717) is 17.0 Å². The van der Waals surface area contributed by atoms with Crippen LogP contribution in [0.4, 0.5) is 0 Å². The molecule has 1 fully saturated rings. The van der Waals surface area contributed by atoms with E-state index in [2.05, 4.69) is 18.8 Å². The molecule has 4 heteroatoms. The van der Waals surface area contributed by atoms with E-state index in [1.54, 1.807) is 18.0 Å². The Hall–Kier alpha value is -1.03. The van der Waals surface area contributed by atoms with Gasteiger partial charge in [0.05, 0.1) is 11.1 Å². The molecule has 1 aliphatic rings. The molecule has 2 rings (SSSR count). The first-order valence-electron chi connectivity index (χ1n) is 5.99. The predicted octanol–water partition coefficient (Wildman–Crippen LogP) is 2.18. The fourth-order valence-corrected chi connectivity index (χ4v) is 3.32. The van der Waals surface area contributed by atoms with Gasteiger partial charge in [-0.3, -0.25) is 9.78 Å². The standard InChI is InChI=1S/C13H18N2OS/c1-10(2)13-15(12(16)9-17-13)8-6-11-5-3-4-7-14-11/h3-5,7,10,13H,6,8-9H2,1-2H3. The summed E-state index contributed by atoms with van der Waals surface area (Å²) in [4.78, 5) is 18.1. The van der Waals surface area contributed by atoms with Gasteiger partial charge in [-0.15, -0.1) is 11.8 Å². The zero-order valence-corrected chi connectivity index (χ0v) is 11.1. The van der Waals surface area contributed by atoms with Crippen LogP contribution in [0.2, 0.25) is 0 Å². The number of thioether (sulfide) groups is 1. The SMILES string of the molecule is CC(C)C1SCC(=O)N1CCc1ccccn1. The van der Waals surface area contributed by atoms with Gasteiger partial charge in [-0.1, -0.05) is 19.9 Å². The highest BCUT2D eigenvalue weighted by molar-refractivity contribution is 8.01. The zero-order chi connectivity index (χ0) is 12.3. The Kier molecular flexibility index (Phi) is 4.05. The minimum absolute atomic E-state index is 0.268. The third-order valence-electron chi connectivity index (χ3n) is 2.91. The van der Waals surface area contributed by atoms with Gasteiger partial charge in [-0.2, -0.15) is 0 Å². The highest BCUT2D eigenvalue weighted by atomic mass is 32.2. The Labute approximate surface area is 107 Å². The van der Waals surface area contributed by atoms with E-state index in [9.17, 15) is 4.79 Å². The van der Waals surface area contributed by atoms with Gasteiger partial charge in [0.1, 0.15) is 0 Å². The average Bonchev–Trinajstić information content (AvgIpc) is 2.69. The second-order valence-electron chi connectivity index (χ2n) is 4.60. The van der Waals surface area contributed by atoms with Crippen LogP contribution in [-0.4, -0.2) is 33.5 Å². The van der Waals surface area contributed by atoms with Crippen molar-refractivity contribution in [2.75, 3.05) is 12.3 Å². The predicted molar refractivity (Wildman–Crippen MR) is 70.7 cm³/mol. The number of nitrogens with zero attached hydrogens (tertiary/aromatic N) is 2. The first kappa shape index (κ1) is 12.4. The van der Waals surface area contributed by atoms with Crippen LogP contribution in [0.1, 0.15) is 19.5 Å². The normalized spacial score (nSPS) is 20.3. The van der Waals surface area contributed by atoms with Crippen LogP contribution in [0.3, 0.4) is 0 Å². The fourth-order valence-electron chi connectivity index (χ4n) is 2.06. The molecule has 1 atom stereocenters. The first-order valence-corrected chi connectivity index (χ1v) is 7.04. The van der Waals surface area contributed by atoms with E-state index < -0.39 is 0 Å². The van der Waals surface area contributed by atoms with E-state index >= 15 is 0 Å². The molecule has 0 radical (unpaired) electrons. The Bertz CT molecular complexity index is 380. The highest BCUT2D eigenvalue weighted by Crippen LogP contribution is 2.30. The lowest BCUT2D eigenvalue weighted by molar-refractivity contribution is -0.128. The molecule has 2 heterocycles. The summed E-state index contributed by atoms with van der Waals surface area (Å²) >= 11 is 1.76. The summed E-state index contributed by atoms with van der Waals surface area (Å²) in [5.74, 6) is 1.41. The lowest BCUT2D eigenvalue weighted by Gasteiger charge is -2.26. The van der Waals surface area contributed by atoms with Crippen LogP contribution in [0.5, 0.6) is 0 Å². The molecule has 17 heavy (non-hydrogen) atoms. The van der Waals surface area contributed by atoms with E-state index in [1.807, 2.05) is 23.1 Å². The summed E-state index contributed by atoms with van der Waals surface area (Å²) in [7, 11) is 0. The van der Waals surface area contributed by atoms with Crippen molar-refractivity contribution in [3.8, 4) is 0 Å². The number of hydrogen-bond acceptors (Lipinski definition) is 3. The molecular weight excluding hydrogens is 232 g/mol. The van der Waals surface area contributed by atoms with Crippen molar-refractivity contribution in [1.82, 2.24) is 9.88 Å². The largest absolute Gasteiger partial charge is 0.329 e. The molecule has 92 valence electrons. The third-order valence-corrected chi connectivity index (χ3v) is 4.46. The Morgan fingerprint density at radius 2 is 2.35 bits per heavy atom. The van der Waals surface area contributed by atoms with Crippen LogP contribution in [0.15, 0.2) is 24.4 Å². The smallest absolute Gasteiger partial charge is 0.233 e. The molecule has 3 nitrogen and oxygen atoms in total. The highest BCUT2D eigenvalue weighted by Gasteiger charge is 2.33. The van der Waals surface area contributed by atoms with E-state index in [4.69, 9.17) is 0 Å². The molecule has 0 aliphatic carbocycles. The van der Waals surface area contributed by atoms with Gasteiger partial charge >= 0.3 is 0 Å². The Balaban J connectivity index is 1.95. The Morgan fingerprint density at radius 3 is 3.00 bits per heavy atom. The quantitative estimate of drug-likeness (QED) is 0.821. The van der Waals surface area contributed by atoms with Gasteiger partial charge in [-0.25, -0.2) is 0 Å². The monoisotopic (exact) mass is 250 g/mol. The first-order chi connectivity index (χ1) is 8.18. The van der Waals surface area contributed by atoms with Gasteiger partial charge < -0.3 is 4.90 Å². The van der Waals surface area contributed by atoms with Crippen LogP contribution < -0.4 is 0 Å². The summed E-state index contributed by atoms with van der Waals surface area (Å²) in [6, 6.07) is 5.91. The average molecular weight is 250 g/mol. The van der Waals surface area contributed by atoms with Gasteiger partial charge in [0, 0.05) is 24.9 Å². The minimum atomic E-state index is 0.268. The summed E-state index contributed by atoms with van der Waals surface area (Å²) < 4.78 is 0. The van der Waals surface area contributed by atoms with E-state index in [-0.39, 0.29) is 5.91 Å². The topological polar surface area (TPSA) is 33.2 Å². The third kappa shape index (κ3) is 3.00. The minimum Gasteiger partial charge on any atom is -0.329 e. The van der Waals surface area contributed by atoms with E-state index in [0.717, 1.165) is 18.7 Å². The number of amides is 1. The van der Waals surface area contributed by atoms with Crippen molar-refractivity contribution in [1.29, 1.82) is 0 Å². The lowest BCUT2D eigenvalue weighted by Crippen LogP contribution is -2.37. The maximum atomic E-state index is 11.8. The summed E-state index contributed by atoms with van der Waals surface area (Å²) in [6.45, 7) is 5.12. The molecule has 0 saturated carbocycles. The van der Waals surface area contributed by atoms with Crippen molar-refractivity contribution in [2.24, 2.45) is 5.92 Å². The molecule has 1 aromatic heterocycles. The number of pyridine rings is 1. The number of carbonyl (C=O) groups is 1. The van der Waals surface area contributed by atoms with Gasteiger partial charge in [0.25, 0.3) is 0 Å². The van der Waals surface area contributed by atoms with Gasteiger partial charge in [-0.05, 0) is 18.1 Å². The van der Waals surface area contributed by atoms with Crippen molar-refractivity contribution >= 4 is 17.7 Å². The van der Waals surface area contributed by atoms with Crippen LogP contribution in [-0.2, 0) is 11.2 Å². The number of carbonyl (C=O) groups excluding carboxylic acids is 1. The molecule has 0 N–H and O–H groups in total. The van der Waals surface area contributed by atoms with Crippen molar-refractivity contribution in [2.45, 2.75) is 25.6 Å². The zero-order valence-electron chi connectivity index (χ0n) is 10.3. The lowest BCUT2D eigenvalue weighted by atomic mass is 10.2. The van der Waals surface area contributed by atoms with Crippen LogP contribution in [0, 0.1) is 5.92 Å². The van der Waals surface area contributed by atoms with E-state index in [1.165, 1.54) is 0 Å². The van der Waals surface area contributed by atoms with Crippen molar-refractivity contribution in [3.05, 3.63) is 30.1 Å². The molecular formula is C13H18N2OS.